The van der Waals surface area contributed by atoms with Gasteiger partial charge in [-0.15, -0.1) is 0 Å². The van der Waals surface area contributed by atoms with Crippen LogP contribution in [0, 0.1) is 6.92 Å². The number of hydrogen-bond donors (Lipinski definition) is 0. The Balaban J connectivity index is 1.52. The number of aromatic nitrogens is 3. The number of benzene rings is 2. The van der Waals surface area contributed by atoms with Crippen LogP contribution in [0.25, 0.3) is 21.3 Å². The van der Waals surface area contributed by atoms with Gasteiger partial charge in [0.25, 0.3) is 5.91 Å². The third-order valence-corrected chi connectivity index (χ3v) is 7.01. The summed E-state index contributed by atoms with van der Waals surface area (Å²) < 4.78 is 12.0. The zero-order valence-corrected chi connectivity index (χ0v) is 19.5. The number of nitrogens with zero attached hydrogens (tertiary/aromatic N) is 5. The van der Waals surface area contributed by atoms with Gasteiger partial charge in [0, 0.05) is 26.2 Å². The van der Waals surface area contributed by atoms with Crippen LogP contribution in [0.1, 0.15) is 16.1 Å². The molecule has 0 N–H and O–H groups in total. The van der Waals surface area contributed by atoms with Gasteiger partial charge in [-0.05, 0) is 30.7 Å². The fourth-order valence-electron chi connectivity index (χ4n) is 3.93. The quantitative estimate of drug-likeness (QED) is 0.433. The van der Waals surface area contributed by atoms with Crippen molar-refractivity contribution in [2.24, 2.45) is 0 Å². The molecule has 33 heavy (non-hydrogen) atoms. The predicted molar refractivity (Wildman–Crippen MR) is 129 cm³/mol. The molecule has 1 fully saturated rings. The summed E-state index contributed by atoms with van der Waals surface area (Å²) in [5.41, 5.74) is 3.62. The molecule has 170 valence electrons. The Kier molecular flexibility index (Phi) is 6.17. The lowest BCUT2D eigenvalue weighted by Crippen LogP contribution is -2.43. The highest BCUT2D eigenvalue weighted by atomic mass is 32.1. The number of hydrogen-bond acceptors (Lipinski definition) is 8. The molecular weight excluding hydrogens is 438 g/mol. The van der Waals surface area contributed by atoms with Gasteiger partial charge in [-0.3, -0.25) is 19.6 Å². The smallest absolute Gasteiger partial charge is 0.280 e. The van der Waals surface area contributed by atoms with Gasteiger partial charge < -0.3 is 9.47 Å². The molecule has 4 aromatic rings. The molecule has 8 nitrogen and oxygen atoms in total. The van der Waals surface area contributed by atoms with Gasteiger partial charge in [0.05, 0.1) is 42.3 Å². The Bertz CT molecular complexity index is 1300. The molecule has 0 spiro atoms. The van der Waals surface area contributed by atoms with Crippen molar-refractivity contribution in [3.8, 4) is 5.75 Å². The Morgan fingerprint density at radius 2 is 1.94 bits per heavy atom. The second-order valence-electron chi connectivity index (χ2n) is 7.91. The number of fused-ring (bicyclic) bond motifs is 2. The van der Waals surface area contributed by atoms with E-state index in [1.807, 2.05) is 43.3 Å². The molecule has 1 amide bonds. The zero-order chi connectivity index (χ0) is 22.8. The molecular formula is C24H25N5O3S. The van der Waals surface area contributed by atoms with Crippen LogP contribution in [-0.2, 0) is 4.74 Å². The average molecular weight is 464 g/mol. The van der Waals surface area contributed by atoms with E-state index in [1.165, 1.54) is 11.3 Å². The van der Waals surface area contributed by atoms with Crippen molar-refractivity contribution in [2.75, 3.05) is 51.4 Å². The topological polar surface area (TPSA) is 80.7 Å². The standard InChI is InChI=1S/C24H25N5O3S/c1-16-7-8-20(31-2)21-22(16)33-24(27-21)29(10-9-28-11-13-32-14-12-28)23(30)19-15-25-17-5-3-4-6-18(17)26-19/h3-8,15H,9-14H2,1-2H3. The van der Waals surface area contributed by atoms with Crippen molar-refractivity contribution in [3.05, 3.63) is 53.9 Å². The summed E-state index contributed by atoms with van der Waals surface area (Å²) in [6, 6.07) is 11.5. The van der Waals surface area contributed by atoms with E-state index >= 15 is 0 Å². The second-order valence-corrected chi connectivity index (χ2v) is 8.89. The van der Waals surface area contributed by atoms with E-state index in [-0.39, 0.29) is 5.91 Å². The van der Waals surface area contributed by atoms with Crippen LogP contribution in [0.15, 0.2) is 42.6 Å². The predicted octanol–water partition coefficient (Wildman–Crippen LogP) is 3.54. The summed E-state index contributed by atoms with van der Waals surface area (Å²) in [6.45, 7) is 6.38. The fraction of sp³-hybridized carbons (Fsp3) is 0.333. The van der Waals surface area contributed by atoms with Gasteiger partial charge >= 0.3 is 0 Å². The number of para-hydroxylation sites is 2. The van der Waals surface area contributed by atoms with E-state index < -0.39 is 0 Å². The molecule has 9 heteroatoms. The first-order chi connectivity index (χ1) is 16.1. The lowest BCUT2D eigenvalue weighted by molar-refractivity contribution is 0.0391. The first-order valence-electron chi connectivity index (χ1n) is 10.9. The molecule has 0 atom stereocenters. The summed E-state index contributed by atoms with van der Waals surface area (Å²) in [6.07, 6.45) is 1.55. The molecule has 1 saturated heterocycles. The molecule has 2 aromatic heterocycles. The SMILES string of the molecule is COc1ccc(C)c2sc(N(CCN3CCOCC3)C(=O)c3cnc4ccccc4n3)nc12. The molecule has 3 heterocycles. The third-order valence-electron chi connectivity index (χ3n) is 5.80. The first kappa shape index (κ1) is 21.7. The number of methoxy groups -OCH3 is 1. The van der Waals surface area contributed by atoms with Crippen molar-refractivity contribution in [2.45, 2.75) is 6.92 Å². The molecule has 1 aliphatic rings. The number of carbonyl (C=O) groups excluding carboxylic acids is 1. The number of rotatable bonds is 6. The van der Waals surface area contributed by atoms with Crippen LogP contribution in [0.2, 0.25) is 0 Å². The largest absolute Gasteiger partial charge is 0.494 e. The Morgan fingerprint density at radius 3 is 2.73 bits per heavy atom. The van der Waals surface area contributed by atoms with E-state index in [1.54, 1.807) is 18.2 Å². The number of anilines is 1. The number of morpholine rings is 1. The highest BCUT2D eigenvalue weighted by Gasteiger charge is 2.25. The summed E-state index contributed by atoms with van der Waals surface area (Å²) in [5.74, 6) is 0.487. The Labute approximate surface area is 195 Å². The minimum atomic E-state index is -0.211. The highest BCUT2D eigenvalue weighted by molar-refractivity contribution is 7.22. The Morgan fingerprint density at radius 1 is 1.15 bits per heavy atom. The number of aryl methyl sites for hydroxylation is 1. The van der Waals surface area contributed by atoms with Gasteiger partial charge in [0.15, 0.2) is 5.13 Å². The van der Waals surface area contributed by atoms with E-state index in [0.29, 0.717) is 41.9 Å². The number of carbonyl (C=O) groups is 1. The maximum atomic E-state index is 13.7. The first-order valence-corrected chi connectivity index (χ1v) is 11.7. The van der Waals surface area contributed by atoms with Crippen molar-refractivity contribution in [1.82, 2.24) is 19.9 Å². The van der Waals surface area contributed by atoms with Crippen molar-refractivity contribution in [3.63, 3.8) is 0 Å². The third kappa shape index (κ3) is 4.39. The van der Waals surface area contributed by atoms with Crippen LogP contribution in [0.4, 0.5) is 5.13 Å². The summed E-state index contributed by atoms with van der Waals surface area (Å²) in [4.78, 5) is 31.6. The average Bonchev–Trinajstić information content (AvgIpc) is 3.31. The lowest BCUT2D eigenvalue weighted by Gasteiger charge is -2.29. The van der Waals surface area contributed by atoms with Crippen LogP contribution in [-0.4, -0.2) is 72.3 Å². The van der Waals surface area contributed by atoms with Gasteiger partial charge in [0.2, 0.25) is 0 Å². The summed E-state index contributed by atoms with van der Waals surface area (Å²) in [7, 11) is 1.63. The van der Waals surface area contributed by atoms with E-state index in [0.717, 1.165) is 40.9 Å². The van der Waals surface area contributed by atoms with E-state index in [9.17, 15) is 4.79 Å². The minimum absolute atomic E-state index is 0.211. The molecule has 1 aliphatic heterocycles. The lowest BCUT2D eigenvalue weighted by atomic mass is 10.2. The van der Waals surface area contributed by atoms with Crippen LogP contribution in [0.3, 0.4) is 0 Å². The molecule has 0 saturated carbocycles. The molecule has 5 rings (SSSR count). The second kappa shape index (κ2) is 9.38. The van der Waals surface area contributed by atoms with Gasteiger partial charge in [-0.2, -0.15) is 0 Å². The maximum absolute atomic E-state index is 13.7. The van der Waals surface area contributed by atoms with Crippen molar-refractivity contribution in [1.29, 1.82) is 0 Å². The monoisotopic (exact) mass is 463 g/mol. The van der Waals surface area contributed by atoms with Crippen LogP contribution < -0.4 is 9.64 Å². The molecule has 2 aromatic carbocycles. The van der Waals surface area contributed by atoms with Gasteiger partial charge in [-0.1, -0.05) is 29.5 Å². The zero-order valence-electron chi connectivity index (χ0n) is 18.7. The van der Waals surface area contributed by atoms with E-state index in [2.05, 4.69) is 14.9 Å². The highest BCUT2D eigenvalue weighted by Crippen LogP contribution is 2.36. The van der Waals surface area contributed by atoms with Crippen molar-refractivity contribution >= 4 is 43.6 Å². The van der Waals surface area contributed by atoms with E-state index in [4.69, 9.17) is 14.5 Å². The normalized spacial score (nSPS) is 14.6. The number of thiazole rings is 1. The maximum Gasteiger partial charge on any atom is 0.280 e. The van der Waals surface area contributed by atoms with Gasteiger partial charge in [-0.25, -0.2) is 9.97 Å². The van der Waals surface area contributed by atoms with Gasteiger partial charge in [0.1, 0.15) is 17.0 Å². The number of ether oxygens (including phenoxy) is 2. The molecule has 0 bridgehead atoms. The van der Waals surface area contributed by atoms with Crippen LogP contribution >= 0.6 is 11.3 Å². The molecule has 0 radical (unpaired) electrons. The van der Waals surface area contributed by atoms with Crippen LogP contribution in [0.5, 0.6) is 5.75 Å². The van der Waals surface area contributed by atoms with Crippen molar-refractivity contribution < 1.29 is 14.3 Å². The molecule has 0 aliphatic carbocycles. The summed E-state index contributed by atoms with van der Waals surface area (Å²) in [5, 5.41) is 0.630. The summed E-state index contributed by atoms with van der Waals surface area (Å²) >= 11 is 1.50. The Hall–Kier alpha value is -3.14. The molecule has 0 unspecified atom stereocenters. The fourth-order valence-corrected chi connectivity index (χ4v) is 5.00. The number of amides is 1. The minimum Gasteiger partial charge on any atom is -0.494 e.